The van der Waals surface area contributed by atoms with Gasteiger partial charge in [0, 0.05) is 18.1 Å². The number of aryl methyl sites for hydroxylation is 2. The van der Waals surface area contributed by atoms with Crippen LogP contribution in [0.5, 0.6) is 0 Å². The van der Waals surface area contributed by atoms with Crippen molar-refractivity contribution in [2.24, 2.45) is 12.0 Å². The molecule has 0 amide bonds. The summed E-state index contributed by atoms with van der Waals surface area (Å²) in [5.74, 6) is -0.187. The van der Waals surface area contributed by atoms with Crippen LogP contribution in [0.1, 0.15) is 43.6 Å². The van der Waals surface area contributed by atoms with Gasteiger partial charge in [0.1, 0.15) is 0 Å². The smallest absolute Gasteiger partial charge is 0.310 e. The molecule has 0 spiro atoms. The van der Waals surface area contributed by atoms with Crippen LogP contribution in [-0.2, 0) is 23.0 Å². The summed E-state index contributed by atoms with van der Waals surface area (Å²) in [6, 6.07) is 7.76. The molecule has 0 bridgehead atoms. The Labute approximate surface area is 147 Å². The summed E-state index contributed by atoms with van der Waals surface area (Å²) in [7, 11) is 1.98. The molecule has 0 saturated carbocycles. The maximum atomic E-state index is 12.2. The summed E-state index contributed by atoms with van der Waals surface area (Å²) in [5.41, 5.74) is 1.73. The van der Waals surface area contributed by atoms with Gasteiger partial charge in [-0.25, -0.2) is 4.99 Å². The number of para-hydroxylation sites is 1. The van der Waals surface area contributed by atoms with E-state index in [4.69, 9.17) is 9.73 Å². The van der Waals surface area contributed by atoms with Crippen molar-refractivity contribution in [2.75, 3.05) is 0 Å². The lowest BCUT2D eigenvalue weighted by Crippen LogP contribution is -2.16. The number of ether oxygens (including phenoxy) is 1. The SMILES string of the molecule is CCCCC(C)OC(=O)Cc1ccccc1N=c1sc(C)cn1C. The van der Waals surface area contributed by atoms with Crippen LogP contribution in [0.3, 0.4) is 0 Å². The van der Waals surface area contributed by atoms with Crippen LogP contribution in [0.4, 0.5) is 5.69 Å². The minimum Gasteiger partial charge on any atom is -0.462 e. The second-order valence-corrected chi connectivity index (χ2v) is 7.31. The van der Waals surface area contributed by atoms with E-state index in [0.29, 0.717) is 0 Å². The van der Waals surface area contributed by atoms with Gasteiger partial charge in [-0.1, -0.05) is 38.0 Å². The molecule has 0 aliphatic rings. The molecular weight excluding hydrogens is 320 g/mol. The summed E-state index contributed by atoms with van der Waals surface area (Å²) in [6.07, 6.45) is 5.38. The second-order valence-electron chi connectivity index (χ2n) is 6.10. The normalized spacial score (nSPS) is 13.1. The Hall–Kier alpha value is -1.88. The predicted octanol–water partition coefficient (Wildman–Crippen LogP) is 4.29. The third-order valence-corrected chi connectivity index (χ3v) is 4.76. The van der Waals surface area contributed by atoms with Crippen molar-refractivity contribution in [3.63, 3.8) is 0 Å². The van der Waals surface area contributed by atoms with Gasteiger partial charge >= 0.3 is 5.97 Å². The fourth-order valence-electron chi connectivity index (χ4n) is 2.52. The lowest BCUT2D eigenvalue weighted by atomic mass is 10.1. The highest BCUT2D eigenvalue weighted by molar-refractivity contribution is 7.09. The Morgan fingerprint density at radius 2 is 2.12 bits per heavy atom. The average molecular weight is 346 g/mol. The molecule has 0 aliphatic carbocycles. The number of hydrogen-bond acceptors (Lipinski definition) is 4. The fraction of sp³-hybridized carbons (Fsp3) is 0.474. The molecule has 2 aromatic rings. The molecular formula is C19H26N2O2S. The number of rotatable bonds is 7. The van der Waals surface area contributed by atoms with E-state index >= 15 is 0 Å². The van der Waals surface area contributed by atoms with E-state index in [1.807, 2.05) is 42.8 Å². The van der Waals surface area contributed by atoms with E-state index in [1.54, 1.807) is 11.3 Å². The summed E-state index contributed by atoms with van der Waals surface area (Å²) in [4.78, 5) is 19.0. The lowest BCUT2D eigenvalue weighted by Gasteiger charge is -2.13. The lowest BCUT2D eigenvalue weighted by molar-refractivity contribution is -0.147. The van der Waals surface area contributed by atoms with E-state index in [1.165, 1.54) is 4.88 Å². The maximum Gasteiger partial charge on any atom is 0.310 e. The van der Waals surface area contributed by atoms with Gasteiger partial charge in [0.2, 0.25) is 0 Å². The second kappa shape index (κ2) is 8.83. The fourth-order valence-corrected chi connectivity index (χ4v) is 3.36. The molecule has 1 heterocycles. The van der Waals surface area contributed by atoms with E-state index in [2.05, 4.69) is 20.0 Å². The van der Waals surface area contributed by atoms with Gasteiger partial charge in [-0.15, -0.1) is 11.3 Å². The molecule has 4 nitrogen and oxygen atoms in total. The van der Waals surface area contributed by atoms with Crippen molar-refractivity contribution >= 4 is 23.0 Å². The summed E-state index contributed by atoms with van der Waals surface area (Å²) in [6.45, 7) is 6.15. The van der Waals surface area contributed by atoms with Crippen molar-refractivity contribution in [2.45, 2.75) is 52.6 Å². The molecule has 5 heteroatoms. The zero-order valence-electron chi connectivity index (χ0n) is 14.9. The van der Waals surface area contributed by atoms with Crippen molar-refractivity contribution in [3.8, 4) is 0 Å². The number of thiazole rings is 1. The largest absolute Gasteiger partial charge is 0.462 e. The van der Waals surface area contributed by atoms with Gasteiger partial charge in [-0.2, -0.15) is 0 Å². The van der Waals surface area contributed by atoms with Crippen LogP contribution in [0.25, 0.3) is 0 Å². The quantitative estimate of drug-likeness (QED) is 0.702. The van der Waals surface area contributed by atoms with E-state index in [0.717, 1.165) is 35.3 Å². The highest BCUT2D eigenvalue weighted by atomic mass is 32.1. The number of benzene rings is 1. The third kappa shape index (κ3) is 5.34. The highest BCUT2D eigenvalue weighted by Crippen LogP contribution is 2.20. The molecule has 0 fully saturated rings. The van der Waals surface area contributed by atoms with Crippen LogP contribution in [0.15, 0.2) is 35.5 Å². The molecule has 1 atom stereocenters. The monoisotopic (exact) mass is 346 g/mol. The van der Waals surface area contributed by atoms with Crippen molar-refractivity contribution < 1.29 is 9.53 Å². The Morgan fingerprint density at radius 1 is 1.38 bits per heavy atom. The Balaban J connectivity index is 2.13. The maximum absolute atomic E-state index is 12.2. The number of unbranched alkanes of at least 4 members (excludes halogenated alkanes) is 1. The van der Waals surface area contributed by atoms with Crippen LogP contribution in [-0.4, -0.2) is 16.6 Å². The van der Waals surface area contributed by atoms with Crippen LogP contribution >= 0.6 is 11.3 Å². The van der Waals surface area contributed by atoms with Gasteiger partial charge < -0.3 is 9.30 Å². The summed E-state index contributed by atoms with van der Waals surface area (Å²) >= 11 is 1.64. The molecule has 1 aromatic heterocycles. The van der Waals surface area contributed by atoms with Gasteiger partial charge in [-0.05, 0) is 31.9 Å². The first-order chi connectivity index (χ1) is 11.5. The number of carbonyl (C=O) groups excluding carboxylic acids is 1. The van der Waals surface area contributed by atoms with Crippen LogP contribution in [0.2, 0.25) is 0 Å². The van der Waals surface area contributed by atoms with E-state index < -0.39 is 0 Å². The minimum atomic E-state index is -0.187. The first kappa shape index (κ1) is 18.5. The van der Waals surface area contributed by atoms with Crippen molar-refractivity contribution in [1.82, 2.24) is 4.57 Å². The van der Waals surface area contributed by atoms with Crippen molar-refractivity contribution in [1.29, 1.82) is 0 Å². The first-order valence-electron chi connectivity index (χ1n) is 8.44. The zero-order chi connectivity index (χ0) is 17.5. The molecule has 1 aromatic carbocycles. The minimum absolute atomic E-state index is 0.0284. The first-order valence-corrected chi connectivity index (χ1v) is 9.26. The number of esters is 1. The molecule has 0 radical (unpaired) electrons. The van der Waals surface area contributed by atoms with E-state index in [9.17, 15) is 4.79 Å². The highest BCUT2D eigenvalue weighted by Gasteiger charge is 2.12. The van der Waals surface area contributed by atoms with E-state index in [-0.39, 0.29) is 18.5 Å². The standard InChI is InChI=1S/C19H26N2O2S/c1-5-6-9-14(2)23-18(22)12-16-10-7-8-11-17(16)20-19-21(4)13-15(3)24-19/h7-8,10-11,13-14H,5-6,9,12H2,1-4H3. The Kier molecular flexibility index (Phi) is 6.79. The molecule has 0 N–H and O–H groups in total. The summed E-state index contributed by atoms with van der Waals surface area (Å²) in [5, 5.41) is 0. The molecule has 0 saturated heterocycles. The molecule has 0 aliphatic heterocycles. The van der Waals surface area contributed by atoms with Crippen LogP contribution < -0.4 is 4.80 Å². The summed E-state index contributed by atoms with van der Waals surface area (Å²) < 4.78 is 7.51. The molecule has 24 heavy (non-hydrogen) atoms. The number of aromatic nitrogens is 1. The molecule has 130 valence electrons. The zero-order valence-corrected chi connectivity index (χ0v) is 15.7. The Morgan fingerprint density at radius 3 is 2.79 bits per heavy atom. The number of nitrogens with zero attached hydrogens (tertiary/aromatic N) is 2. The molecule has 2 rings (SSSR count). The van der Waals surface area contributed by atoms with Crippen LogP contribution in [0, 0.1) is 6.92 Å². The van der Waals surface area contributed by atoms with Crippen molar-refractivity contribution in [3.05, 3.63) is 45.7 Å². The third-order valence-electron chi connectivity index (χ3n) is 3.77. The predicted molar refractivity (Wildman–Crippen MR) is 98.5 cm³/mol. The van der Waals surface area contributed by atoms with Gasteiger partial charge in [0.15, 0.2) is 4.80 Å². The van der Waals surface area contributed by atoms with Gasteiger partial charge in [0.05, 0.1) is 18.2 Å². The van der Waals surface area contributed by atoms with Gasteiger partial charge in [-0.3, -0.25) is 4.79 Å². The number of carbonyl (C=O) groups is 1. The number of hydrogen-bond donors (Lipinski definition) is 0. The Bertz CT molecular complexity index is 746. The topological polar surface area (TPSA) is 43.6 Å². The molecule has 1 unspecified atom stereocenters. The average Bonchev–Trinajstić information content (AvgIpc) is 2.84. The van der Waals surface area contributed by atoms with Gasteiger partial charge in [0.25, 0.3) is 0 Å².